The molecule has 0 aliphatic rings. The summed E-state index contributed by atoms with van der Waals surface area (Å²) in [6.07, 6.45) is 1.35. The predicted molar refractivity (Wildman–Crippen MR) is 81.5 cm³/mol. The first-order valence-electron chi connectivity index (χ1n) is 7.00. The van der Waals surface area contributed by atoms with Crippen molar-refractivity contribution in [3.63, 3.8) is 0 Å². The van der Waals surface area contributed by atoms with Crippen LogP contribution in [0.3, 0.4) is 0 Å². The van der Waals surface area contributed by atoms with Crippen molar-refractivity contribution in [2.75, 3.05) is 6.54 Å². The fraction of sp³-hybridized carbons (Fsp3) is 0.600. The highest BCUT2D eigenvalue weighted by molar-refractivity contribution is 6.33. The van der Waals surface area contributed by atoms with E-state index in [1.165, 1.54) is 0 Å². The van der Waals surface area contributed by atoms with E-state index in [1.54, 1.807) is 6.92 Å². The van der Waals surface area contributed by atoms with Crippen molar-refractivity contribution in [2.24, 2.45) is 0 Å². The molecule has 1 rings (SSSR count). The Morgan fingerprint density at radius 3 is 2.60 bits per heavy atom. The van der Waals surface area contributed by atoms with Gasteiger partial charge in [0, 0.05) is 36.5 Å². The molecule has 1 amide bonds. The average Bonchev–Trinajstić information content (AvgIpc) is 2.68. The van der Waals surface area contributed by atoms with Crippen LogP contribution in [0.4, 0.5) is 0 Å². The maximum absolute atomic E-state index is 12.0. The van der Waals surface area contributed by atoms with E-state index in [0.29, 0.717) is 25.1 Å². The number of carbonyl (C=O) groups excluding carboxylic acids is 2. The van der Waals surface area contributed by atoms with E-state index in [2.05, 4.69) is 5.32 Å². The number of rotatable bonds is 7. The van der Waals surface area contributed by atoms with Crippen molar-refractivity contribution in [3.05, 3.63) is 23.0 Å². The molecule has 1 aromatic heterocycles. The fourth-order valence-electron chi connectivity index (χ4n) is 2.18. The summed E-state index contributed by atoms with van der Waals surface area (Å²) in [4.78, 5) is 23.6. The van der Waals surface area contributed by atoms with Gasteiger partial charge < -0.3 is 9.88 Å². The first-order valence-corrected chi connectivity index (χ1v) is 7.43. The molecule has 1 atom stereocenters. The average molecular weight is 299 g/mol. The van der Waals surface area contributed by atoms with Crippen LogP contribution in [-0.2, 0) is 11.3 Å². The quantitative estimate of drug-likeness (QED) is 0.621. The van der Waals surface area contributed by atoms with E-state index in [0.717, 1.165) is 17.8 Å². The molecule has 1 aromatic rings. The number of hydrogen-bond acceptors (Lipinski definition) is 2. The molecule has 0 spiro atoms. The molecule has 1 N–H and O–H groups in total. The zero-order valence-corrected chi connectivity index (χ0v) is 13.4. The summed E-state index contributed by atoms with van der Waals surface area (Å²) in [5.74, 6) is -0.0283. The minimum Gasteiger partial charge on any atom is -0.356 e. The second-order valence-corrected chi connectivity index (χ2v) is 5.67. The third kappa shape index (κ3) is 4.10. The standard InChI is InChI=1S/C15H23ClN2O2/c1-5-7-17-14(19)6-8-18-10(2)9-13(12(18)4)15(20)11(3)16/h9,11H,5-8H2,1-4H3,(H,17,19). The van der Waals surface area contributed by atoms with Crippen LogP contribution in [0.15, 0.2) is 6.07 Å². The molecule has 5 heteroatoms. The van der Waals surface area contributed by atoms with Gasteiger partial charge in [0.1, 0.15) is 0 Å². The monoisotopic (exact) mass is 298 g/mol. The summed E-state index contributed by atoms with van der Waals surface area (Å²) < 4.78 is 2.00. The van der Waals surface area contributed by atoms with Gasteiger partial charge in [-0.3, -0.25) is 9.59 Å². The Labute approximate surface area is 125 Å². The van der Waals surface area contributed by atoms with E-state index in [9.17, 15) is 9.59 Å². The molecule has 20 heavy (non-hydrogen) atoms. The molecule has 0 aromatic carbocycles. The highest BCUT2D eigenvalue weighted by Crippen LogP contribution is 2.19. The fourth-order valence-corrected chi connectivity index (χ4v) is 2.29. The van der Waals surface area contributed by atoms with Crippen molar-refractivity contribution >= 4 is 23.3 Å². The second-order valence-electron chi connectivity index (χ2n) is 5.02. The number of hydrogen-bond donors (Lipinski definition) is 1. The molecule has 0 aliphatic heterocycles. The number of nitrogens with zero attached hydrogens (tertiary/aromatic N) is 1. The van der Waals surface area contributed by atoms with Crippen LogP contribution >= 0.6 is 11.6 Å². The van der Waals surface area contributed by atoms with E-state index < -0.39 is 5.38 Å². The lowest BCUT2D eigenvalue weighted by atomic mass is 10.1. The predicted octanol–water partition coefficient (Wildman–Crippen LogP) is 2.83. The number of halogens is 1. The molecular formula is C15H23ClN2O2. The third-order valence-corrected chi connectivity index (χ3v) is 3.53. The molecule has 0 fully saturated rings. The lowest BCUT2D eigenvalue weighted by molar-refractivity contribution is -0.121. The maximum atomic E-state index is 12.0. The van der Waals surface area contributed by atoms with Crippen molar-refractivity contribution in [2.45, 2.75) is 52.5 Å². The number of nitrogens with one attached hydrogen (secondary N) is 1. The van der Waals surface area contributed by atoms with Crippen LogP contribution in [-0.4, -0.2) is 28.2 Å². The zero-order chi connectivity index (χ0) is 15.3. The Kier molecular flexibility index (Phi) is 6.27. The number of carbonyl (C=O) groups is 2. The third-order valence-electron chi connectivity index (χ3n) is 3.34. The van der Waals surface area contributed by atoms with Gasteiger partial charge in [0.2, 0.25) is 5.91 Å². The normalized spacial score (nSPS) is 12.2. The Hall–Kier alpha value is -1.29. The van der Waals surface area contributed by atoms with E-state index >= 15 is 0 Å². The number of amides is 1. The Morgan fingerprint density at radius 1 is 1.40 bits per heavy atom. The Morgan fingerprint density at radius 2 is 2.05 bits per heavy atom. The molecule has 0 saturated heterocycles. The minimum absolute atomic E-state index is 0.0398. The number of alkyl halides is 1. The first kappa shape index (κ1) is 16.8. The largest absolute Gasteiger partial charge is 0.356 e. The highest BCUT2D eigenvalue weighted by Gasteiger charge is 2.19. The van der Waals surface area contributed by atoms with Gasteiger partial charge in [-0.05, 0) is 33.3 Å². The summed E-state index contributed by atoms with van der Waals surface area (Å²) >= 11 is 5.86. The summed E-state index contributed by atoms with van der Waals surface area (Å²) in [5, 5.41) is 2.32. The topological polar surface area (TPSA) is 51.1 Å². The SMILES string of the molecule is CCCNC(=O)CCn1c(C)cc(C(=O)C(C)Cl)c1C. The Bertz CT molecular complexity index is 492. The molecule has 1 unspecified atom stereocenters. The summed E-state index contributed by atoms with van der Waals surface area (Å²) in [7, 11) is 0. The molecular weight excluding hydrogens is 276 g/mol. The zero-order valence-electron chi connectivity index (χ0n) is 12.6. The highest BCUT2D eigenvalue weighted by atomic mass is 35.5. The van der Waals surface area contributed by atoms with Crippen LogP contribution in [0.5, 0.6) is 0 Å². The van der Waals surface area contributed by atoms with E-state index in [-0.39, 0.29) is 11.7 Å². The van der Waals surface area contributed by atoms with Crippen molar-refractivity contribution in [1.29, 1.82) is 0 Å². The van der Waals surface area contributed by atoms with Crippen molar-refractivity contribution in [3.8, 4) is 0 Å². The van der Waals surface area contributed by atoms with Gasteiger partial charge in [0.25, 0.3) is 0 Å². The van der Waals surface area contributed by atoms with E-state index in [1.807, 2.05) is 31.4 Å². The lowest BCUT2D eigenvalue weighted by Crippen LogP contribution is -2.25. The lowest BCUT2D eigenvalue weighted by Gasteiger charge is -2.10. The minimum atomic E-state index is -0.531. The van der Waals surface area contributed by atoms with Crippen LogP contribution in [0.1, 0.15) is 48.4 Å². The smallest absolute Gasteiger partial charge is 0.221 e. The molecule has 112 valence electrons. The van der Waals surface area contributed by atoms with Gasteiger partial charge >= 0.3 is 0 Å². The van der Waals surface area contributed by atoms with Gasteiger partial charge in [-0.25, -0.2) is 0 Å². The molecule has 0 radical (unpaired) electrons. The summed E-state index contributed by atoms with van der Waals surface area (Å²) in [6.45, 7) is 8.81. The second kappa shape index (κ2) is 7.48. The van der Waals surface area contributed by atoms with Crippen LogP contribution < -0.4 is 5.32 Å². The van der Waals surface area contributed by atoms with Gasteiger partial charge in [-0.1, -0.05) is 6.92 Å². The molecule has 0 bridgehead atoms. The van der Waals surface area contributed by atoms with Crippen molar-refractivity contribution in [1.82, 2.24) is 9.88 Å². The molecule has 0 aliphatic carbocycles. The number of aromatic nitrogens is 1. The van der Waals surface area contributed by atoms with Crippen molar-refractivity contribution < 1.29 is 9.59 Å². The van der Waals surface area contributed by atoms with Gasteiger partial charge in [-0.2, -0.15) is 0 Å². The summed E-state index contributed by atoms with van der Waals surface area (Å²) in [5.41, 5.74) is 2.51. The molecule has 0 saturated carbocycles. The van der Waals surface area contributed by atoms with Crippen LogP contribution in [0.2, 0.25) is 0 Å². The summed E-state index contributed by atoms with van der Waals surface area (Å²) in [6, 6.07) is 1.85. The number of Topliss-reactive ketones (excluding diaryl/α,β-unsaturated/α-hetero) is 1. The first-order chi connectivity index (χ1) is 9.38. The molecule has 4 nitrogen and oxygen atoms in total. The number of aryl methyl sites for hydroxylation is 1. The van der Waals surface area contributed by atoms with Crippen LogP contribution in [0.25, 0.3) is 0 Å². The maximum Gasteiger partial charge on any atom is 0.221 e. The van der Waals surface area contributed by atoms with Crippen LogP contribution in [0, 0.1) is 13.8 Å². The molecule has 1 heterocycles. The number of ketones is 1. The van der Waals surface area contributed by atoms with Gasteiger partial charge in [0.05, 0.1) is 5.38 Å². The van der Waals surface area contributed by atoms with Gasteiger partial charge in [-0.15, -0.1) is 11.6 Å². The van der Waals surface area contributed by atoms with E-state index in [4.69, 9.17) is 11.6 Å². The Balaban J connectivity index is 2.77. The van der Waals surface area contributed by atoms with Gasteiger partial charge in [0.15, 0.2) is 5.78 Å².